The molecule has 0 fully saturated rings. The van der Waals surface area contributed by atoms with Gasteiger partial charge in [-0.15, -0.1) is 0 Å². The zero-order chi connectivity index (χ0) is 13.5. The van der Waals surface area contributed by atoms with Crippen molar-refractivity contribution < 1.29 is 14.3 Å². The molecule has 6 heteroatoms. The number of carbonyl (C=O) groups is 2. The fourth-order valence-corrected chi connectivity index (χ4v) is 2.31. The van der Waals surface area contributed by atoms with E-state index < -0.39 is 5.97 Å². The van der Waals surface area contributed by atoms with Gasteiger partial charge in [-0.1, -0.05) is 31.1 Å². The van der Waals surface area contributed by atoms with Gasteiger partial charge >= 0.3 is 5.97 Å². The maximum Gasteiger partial charge on any atom is 0.358 e. The molecule has 0 aromatic carbocycles. The number of carbonyl (C=O) groups excluding carboxylic acids is 2. The minimum atomic E-state index is -0.571. The summed E-state index contributed by atoms with van der Waals surface area (Å²) in [6.07, 6.45) is 3.33. The number of ether oxygens (including phenoxy) is 1. The fourth-order valence-electron chi connectivity index (χ4n) is 1.44. The SMILES string of the molecule is CCCCCNc1nc(C(=O)OC)c(C(C)=O)s1. The molecule has 0 aliphatic heterocycles. The number of esters is 1. The highest BCUT2D eigenvalue weighted by atomic mass is 32.1. The Morgan fingerprint density at radius 1 is 1.39 bits per heavy atom. The van der Waals surface area contributed by atoms with Crippen LogP contribution in [0.5, 0.6) is 0 Å². The van der Waals surface area contributed by atoms with Crippen LogP contribution in [0.2, 0.25) is 0 Å². The van der Waals surface area contributed by atoms with E-state index in [1.807, 2.05) is 0 Å². The van der Waals surface area contributed by atoms with Gasteiger partial charge in [0.15, 0.2) is 16.6 Å². The van der Waals surface area contributed by atoms with Crippen LogP contribution >= 0.6 is 11.3 Å². The van der Waals surface area contributed by atoms with Crippen LogP contribution in [0.4, 0.5) is 5.13 Å². The average molecular weight is 270 g/mol. The first kappa shape index (κ1) is 14.6. The molecule has 1 heterocycles. The van der Waals surface area contributed by atoms with Gasteiger partial charge in [-0.05, 0) is 6.42 Å². The summed E-state index contributed by atoms with van der Waals surface area (Å²) >= 11 is 1.20. The molecule has 100 valence electrons. The third-order valence-corrected chi connectivity index (χ3v) is 3.50. The summed E-state index contributed by atoms with van der Waals surface area (Å²) in [7, 11) is 1.28. The highest BCUT2D eigenvalue weighted by Crippen LogP contribution is 2.24. The molecule has 0 amide bonds. The first-order valence-corrected chi connectivity index (χ1v) is 6.75. The Labute approximate surface area is 111 Å². The summed E-state index contributed by atoms with van der Waals surface area (Å²) in [6.45, 7) is 4.34. The molecule has 5 nitrogen and oxygen atoms in total. The highest BCUT2D eigenvalue weighted by Gasteiger charge is 2.21. The summed E-state index contributed by atoms with van der Waals surface area (Å²) in [5.41, 5.74) is 0.105. The van der Waals surface area contributed by atoms with Crippen LogP contribution in [0.1, 0.15) is 53.3 Å². The van der Waals surface area contributed by atoms with Crippen LogP contribution in [0.25, 0.3) is 0 Å². The van der Waals surface area contributed by atoms with Crippen molar-refractivity contribution in [2.24, 2.45) is 0 Å². The monoisotopic (exact) mass is 270 g/mol. The number of methoxy groups -OCH3 is 1. The number of nitrogens with one attached hydrogen (secondary N) is 1. The maximum absolute atomic E-state index is 11.5. The number of hydrogen-bond donors (Lipinski definition) is 1. The van der Waals surface area contributed by atoms with Crippen LogP contribution in [0, 0.1) is 0 Å². The highest BCUT2D eigenvalue weighted by molar-refractivity contribution is 7.17. The molecule has 18 heavy (non-hydrogen) atoms. The van der Waals surface area contributed by atoms with Crippen molar-refractivity contribution in [1.82, 2.24) is 4.98 Å². The Morgan fingerprint density at radius 3 is 2.67 bits per heavy atom. The van der Waals surface area contributed by atoms with Gasteiger partial charge in [0, 0.05) is 13.5 Å². The van der Waals surface area contributed by atoms with Gasteiger partial charge in [0.05, 0.1) is 7.11 Å². The molecular formula is C12H18N2O3S. The van der Waals surface area contributed by atoms with Crippen LogP contribution < -0.4 is 5.32 Å². The quantitative estimate of drug-likeness (QED) is 0.469. The lowest BCUT2D eigenvalue weighted by Gasteiger charge is -2.00. The summed E-state index contributed by atoms with van der Waals surface area (Å²) in [6, 6.07) is 0. The number of hydrogen-bond acceptors (Lipinski definition) is 6. The molecular weight excluding hydrogens is 252 g/mol. The second-order valence-corrected chi connectivity index (χ2v) is 4.88. The standard InChI is InChI=1S/C12H18N2O3S/c1-4-5-6-7-13-12-14-9(11(16)17-3)10(18-12)8(2)15/h4-7H2,1-3H3,(H,13,14). The van der Waals surface area contributed by atoms with E-state index in [0.717, 1.165) is 25.8 Å². The average Bonchev–Trinajstić information content (AvgIpc) is 2.78. The van der Waals surface area contributed by atoms with E-state index in [4.69, 9.17) is 0 Å². The Bertz CT molecular complexity index is 429. The zero-order valence-electron chi connectivity index (χ0n) is 10.9. The third-order valence-electron chi connectivity index (χ3n) is 2.38. The molecule has 0 radical (unpaired) electrons. The van der Waals surface area contributed by atoms with Crippen LogP contribution in [-0.2, 0) is 4.74 Å². The first-order chi connectivity index (χ1) is 8.60. The Balaban J connectivity index is 2.76. The van der Waals surface area contributed by atoms with E-state index >= 15 is 0 Å². The smallest absolute Gasteiger partial charge is 0.358 e. The summed E-state index contributed by atoms with van der Waals surface area (Å²) in [4.78, 5) is 27.3. The van der Waals surface area contributed by atoms with Gasteiger partial charge in [-0.2, -0.15) is 0 Å². The second kappa shape index (κ2) is 7.10. The molecule has 0 aliphatic carbocycles. The lowest BCUT2D eigenvalue weighted by Crippen LogP contribution is -2.07. The molecule has 0 aliphatic rings. The number of aromatic nitrogens is 1. The van der Waals surface area contributed by atoms with Gasteiger partial charge in [-0.25, -0.2) is 9.78 Å². The number of ketones is 1. The number of unbranched alkanes of at least 4 members (excludes halogenated alkanes) is 2. The van der Waals surface area contributed by atoms with Crippen molar-refractivity contribution in [3.8, 4) is 0 Å². The van der Waals surface area contributed by atoms with Crippen molar-refractivity contribution >= 4 is 28.2 Å². The molecule has 1 rings (SSSR count). The normalized spacial score (nSPS) is 10.2. The van der Waals surface area contributed by atoms with Crippen molar-refractivity contribution in [3.63, 3.8) is 0 Å². The second-order valence-electron chi connectivity index (χ2n) is 3.88. The van der Waals surface area contributed by atoms with E-state index in [1.165, 1.54) is 25.4 Å². The topological polar surface area (TPSA) is 68.3 Å². The molecule has 1 N–H and O–H groups in total. The number of thiazole rings is 1. The van der Waals surface area contributed by atoms with Crippen LogP contribution in [0.15, 0.2) is 0 Å². The summed E-state index contributed by atoms with van der Waals surface area (Å²) in [5.74, 6) is -0.743. The summed E-state index contributed by atoms with van der Waals surface area (Å²) < 4.78 is 4.61. The van der Waals surface area contributed by atoms with Gasteiger partial charge in [0.25, 0.3) is 0 Å². The maximum atomic E-state index is 11.5. The number of rotatable bonds is 7. The van der Waals surface area contributed by atoms with E-state index in [0.29, 0.717) is 10.0 Å². The number of anilines is 1. The predicted octanol–water partition coefficient (Wildman–Crippen LogP) is 2.73. The van der Waals surface area contributed by atoms with E-state index in [-0.39, 0.29) is 11.5 Å². The van der Waals surface area contributed by atoms with Crippen molar-refractivity contribution in [3.05, 3.63) is 10.6 Å². The summed E-state index contributed by atoms with van der Waals surface area (Å²) in [5, 5.41) is 3.72. The minimum Gasteiger partial charge on any atom is -0.464 e. The minimum absolute atomic E-state index is 0.105. The van der Waals surface area contributed by atoms with Crippen molar-refractivity contribution in [2.75, 3.05) is 19.0 Å². The van der Waals surface area contributed by atoms with E-state index in [9.17, 15) is 9.59 Å². The molecule has 1 aromatic rings. The van der Waals surface area contributed by atoms with Gasteiger partial charge in [0.1, 0.15) is 4.88 Å². The van der Waals surface area contributed by atoms with Crippen molar-refractivity contribution in [2.45, 2.75) is 33.1 Å². The Morgan fingerprint density at radius 2 is 2.11 bits per heavy atom. The number of Topliss-reactive ketones (excluding diaryl/α,β-unsaturated/α-hetero) is 1. The third kappa shape index (κ3) is 3.80. The molecule has 0 unspecified atom stereocenters. The van der Waals surface area contributed by atoms with Crippen molar-refractivity contribution in [1.29, 1.82) is 0 Å². The number of nitrogens with zero attached hydrogens (tertiary/aromatic N) is 1. The molecule has 0 spiro atoms. The van der Waals surface area contributed by atoms with Gasteiger partial charge < -0.3 is 10.1 Å². The molecule has 0 saturated heterocycles. The van der Waals surface area contributed by atoms with Crippen LogP contribution in [-0.4, -0.2) is 30.4 Å². The van der Waals surface area contributed by atoms with Gasteiger partial charge in [0.2, 0.25) is 0 Å². The molecule has 0 bridgehead atoms. The molecule has 1 aromatic heterocycles. The molecule has 0 saturated carbocycles. The Hall–Kier alpha value is -1.43. The van der Waals surface area contributed by atoms with Crippen LogP contribution in [0.3, 0.4) is 0 Å². The van der Waals surface area contributed by atoms with E-state index in [2.05, 4.69) is 22.0 Å². The predicted molar refractivity (Wildman–Crippen MR) is 71.5 cm³/mol. The lowest BCUT2D eigenvalue weighted by atomic mass is 10.2. The fraction of sp³-hybridized carbons (Fsp3) is 0.583. The molecule has 0 atom stereocenters. The zero-order valence-corrected chi connectivity index (χ0v) is 11.7. The largest absolute Gasteiger partial charge is 0.464 e. The Kier molecular flexibility index (Phi) is 5.77. The van der Waals surface area contributed by atoms with E-state index in [1.54, 1.807) is 0 Å². The van der Waals surface area contributed by atoms with Gasteiger partial charge in [-0.3, -0.25) is 4.79 Å². The lowest BCUT2D eigenvalue weighted by molar-refractivity contribution is 0.0591. The first-order valence-electron chi connectivity index (χ1n) is 5.94.